The monoisotopic (exact) mass is 349 g/mol. The Morgan fingerprint density at radius 3 is 2.28 bits per heavy atom. The van der Waals surface area contributed by atoms with Crippen molar-refractivity contribution in [3.05, 3.63) is 70.6 Å². The molecule has 5 nitrogen and oxygen atoms in total. The van der Waals surface area contributed by atoms with Gasteiger partial charge >= 0.3 is 18.0 Å². The van der Waals surface area contributed by atoms with Crippen molar-refractivity contribution in [2.45, 2.75) is 19.1 Å². The summed E-state index contributed by atoms with van der Waals surface area (Å²) >= 11 is 0. The van der Waals surface area contributed by atoms with Gasteiger partial charge in [0.2, 0.25) is 0 Å². The van der Waals surface area contributed by atoms with Crippen molar-refractivity contribution >= 4 is 17.7 Å². The molecule has 0 saturated heterocycles. The van der Waals surface area contributed by atoms with Crippen LogP contribution >= 0.6 is 0 Å². The van der Waals surface area contributed by atoms with E-state index < -0.39 is 24.7 Å². The fraction of sp³-hybridized carbons (Fsp3) is 0.235. The van der Waals surface area contributed by atoms with Gasteiger partial charge in [-0.1, -0.05) is 24.3 Å². The normalized spacial score (nSPS) is 12.1. The molecule has 0 spiro atoms. The molecule has 1 aromatic carbocycles. The molecule has 1 aromatic rings. The standard InChI is InChI=1S/C17H14F3N3O2/c1-12(16(24)25)23(11-17(18,19)20)14-9-7-13(8-10-14)5-4-6-15(21-2)22-3/h4-10,12H,11H2,1H3,(H,24,25). The Morgan fingerprint density at radius 2 is 1.84 bits per heavy atom. The maximum Gasteiger partial charge on any atom is 0.519 e. The number of allylic oxidation sites excluding steroid dienone is 2. The third-order valence-corrected chi connectivity index (χ3v) is 3.16. The Hall–Kier alpha value is -3.26. The Morgan fingerprint density at radius 1 is 1.28 bits per heavy atom. The van der Waals surface area contributed by atoms with Crippen LogP contribution in [0.2, 0.25) is 0 Å². The van der Waals surface area contributed by atoms with Crippen molar-refractivity contribution in [3.8, 4) is 0 Å². The van der Waals surface area contributed by atoms with E-state index in [0.717, 1.165) is 4.90 Å². The van der Waals surface area contributed by atoms with E-state index in [2.05, 4.69) is 9.69 Å². The molecule has 1 unspecified atom stereocenters. The van der Waals surface area contributed by atoms with Crippen molar-refractivity contribution in [3.63, 3.8) is 0 Å². The summed E-state index contributed by atoms with van der Waals surface area (Å²) in [4.78, 5) is 17.8. The SMILES string of the molecule is [C-]#[N+]C(=CC=Cc1ccc(N(CC(F)(F)F)C(C)C(=O)O)cc1)[N+]#[C-]. The van der Waals surface area contributed by atoms with Crippen LogP contribution in [0.1, 0.15) is 12.5 Å². The first-order valence-electron chi connectivity index (χ1n) is 6.97. The van der Waals surface area contributed by atoms with E-state index in [9.17, 15) is 18.0 Å². The second-order valence-electron chi connectivity index (χ2n) is 4.96. The van der Waals surface area contributed by atoms with Crippen LogP contribution < -0.4 is 4.90 Å². The van der Waals surface area contributed by atoms with Gasteiger partial charge in [0.25, 0.3) is 0 Å². The maximum absolute atomic E-state index is 12.7. The number of hydrogen-bond acceptors (Lipinski definition) is 2. The predicted octanol–water partition coefficient (Wildman–Crippen LogP) is 4.22. The summed E-state index contributed by atoms with van der Waals surface area (Å²) in [5.74, 6) is -1.47. The molecular weight excluding hydrogens is 335 g/mol. The average Bonchev–Trinajstić information content (AvgIpc) is 2.56. The minimum Gasteiger partial charge on any atom is -0.480 e. The highest BCUT2D eigenvalue weighted by Gasteiger charge is 2.34. The molecule has 1 rings (SSSR count). The number of carbonyl (C=O) groups is 1. The summed E-state index contributed by atoms with van der Waals surface area (Å²) in [6, 6.07) is 4.48. The third-order valence-electron chi connectivity index (χ3n) is 3.16. The number of nitrogens with zero attached hydrogens (tertiary/aromatic N) is 3. The van der Waals surface area contributed by atoms with E-state index in [0.29, 0.717) is 5.56 Å². The highest BCUT2D eigenvalue weighted by molar-refractivity contribution is 5.78. The lowest BCUT2D eigenvalue weighted by atomic mass is 10.1. The van der Waals surface area contributed by atoms with Crippen molar-refractivity contribution in [1.29, 1.82) is 0 Å². The molecule has 130 valence electrons. The first-order valence-corrected chi connectivity index (χ1v) is 6.97. The zero-order valence-corrected chi connectivity index (χ0v) is 13.2. The van der Waals surface area contributed by atoms with Gasteiger partial charge < -0.3 is 10.0 Å². The highest BCUT2D eigenvalue weighted by Crippen LogP contribution is 2.25. The van der Waals surface area contributed by atoms with E-state index in [-0.39, 0.29) is 11.5 Å². The van der Waals surface area contributed by atoms with Crippen LogP contribution in [-0.2, 0) is 4.79 Å². The van der Waals surface area contributed by atoms with Gasteiger partial charge in [-0.3, -0.25) is 0 Å². The summed E-state index contributed by atoms with van der Waals surface area (Å²) in [6.45, 7) is 13.3. The second kappa shape index (κ2) is 8.55. The molecule has 1 N–H and O–H groups in total. The van der Waals surface area contributed by atoms with Crippen LogP contribution in [-0.4, -0.2) is 29.8 Å². The van der Waals surface area contributed by atoms with Gasteiger partial charge in [0.1, 0.15) is 25.7 Å². The Kier molecular flexibility index (Phi) is 6.77. The number of carboxylic acid groups (broad SMARTS) is 1. The summed E-state index contributed by atoms with van der Waals surface area (Å²) in [7, 11) is 0. The molecular formula is C17H14F3N3O2. The van der Waals surface area contributed by atoms with Crippen LogP contribution in [0.25, 0.3) is 15.8 Å². The minimum absolute atomic E-state index is 0.112. The van der Waals surface area contributed by atoms with Crippen LogP contribution in [0.5, 0.6) is 0 Å². The summed E-state index contributed by atoms with van der Waals surface area (Å²) in [6.07, 6.45) is -0.165. The first-order chi connectivity index (χ1) is 11.7. The molecule has 0 saturated carbocycles. The number of alkyl halides is 3. The molecule has 25 heavy (non-hydrogen) atoms. The molecule has 0 radical (unpaired) electrons. The van der Waals surface area contributed by atoms with Gasteiger partial charge in [-0.2, -0.15) is 22.9 Å². The summed E-state index contributed by atoms with van der Waals surface area (Å²) in [5.41, 5.74) is 0.757. The maximum atomic E-state index is 12.7. The zero-order valence-electron chi connectivity index (χ0n) is 13.2. The lowest BCUT2D eigenvalue weighted by Gasteiger charge is -2.29. The van der Waals surface area contributed by atoms with Crippen LogP contribution in [0.3, 0.4) is 0 Å². The van der Waals surface area contributed by atoms with Crippen LogP contribution in [0, 0.1) is 13.1 Å². The second-order valence-corrected chi connectivity index (χ2v) is 4.96. The molecule has 0 amide bonds. The van der Waals surface area contributed by atoms with Crippen molar-refractivity contribution in [1.82, 2.24) is 0 Å². The van der Waals surface area contributed by atoms with Crippen LogP contribution in [0.4, 0.5) is 18.9 Å². The lowest BCUT2D eigenvalue weighted by Crippen LogP contribution is -2.44. The molecule has 0 heterocycles. The van der Waals surface area contributed by atoms with E-state index in [1.54, 1.807) is 6.08 Å². The summed E-state index contributed by atoms with van der Waals surface area (Å²) < 4.78 is 38.1. The van der Waals surface area contributed by atoms with Crippen molar-refractivity contribution in [2.75, 3.05) is 11.4 Å². The van der Waals surface area contributed by atoms with E-state index in [4.69, 9.17) is 18.3 Å². The fourth-order valence-corrected chi connectivity index (χ4v) is 1.90. The molecule has 0 aliphatic heterocycles. The smallest absolute Gasteiger partial charge is 0.480 e. The number of carboxylic acids is 1. The molecule has 0 fully saturated rings. The lowest BCUT2D eigenvalue weighted by molar-refractivity contribution is -0.140. The third kappa shape index (κ3) is 6.40. The number of halogens is 3. The summed E-state index contributed by atoms with van der Waals surface area (Å²) in [5, 5.41) is 9.01. The Labute approximate surface area is 142 Å². The zero-order chi connectivity index (χ0) is 19.0. The van der Waals surface area contributed by atoms with Gasteiger partial charge in [0.05, 0.1) is 0 Å². The van der Waals surface area contributed by atoms with Gasteiger partial charge in [0, 0.05) is 11.8 Å². The minimum atomic E-state index is -4.54. The predicted molar refractivity (Wildman–Crippen MR) is 87.3 cm³/mol. The number of hydrogen-bond donors (Lipinski definition) is 1. The molecule has 0 aliphatic rings. The number of aliphatic carboxylic acids is 1. The number of rotatable bonds is 6. The van der Waals surface area contributed by atoms with E-state index in [1.165, 1.54) is 43.3 Å². The molecule has 0 aliphatic carbocycles. The quantitative estimate of drug-likeness (QED) is 0.618. The van der Waals surface area contributed by atoms with Gasteiger partial charge in [-0.15, -0.1) is 0 Å². The van der Waals surface area contributed by atoms with Gasteiger partial charge in [-0.05, 0) is 24.6 Å². The number of anilines is 1. The van der Waals surface area contributed by atoms with Gasteiger partial charge in [0.15, 0.2) is 0 Å². The first kappa shape index (κ1) is 19.8. The van der Waals surface area contributed by atoms with Crippen molar-refractivity contribution < 1.29 is 23.1 Å². The molecule has 8 heteroatoms. The molecule has 1 atom stereocenters. The topological polar surface area (TPSA) is 49.3 Å². The Bertz CT molecular complexity index is 737. The fourth-order valence-electron chi connectivity index (χ4n) is 1.90. The number of benzene rings is 1. The van der Waals surface area contributed by atoms with Crippen molar-refractivity contribution in [2.24, 2.45) is 0 Å². The highest BCUT2D eigenvalue weighted by atomic mass is 19.4. The van der Waals surface area contributed by atoms with Gasteiger partial charge in [-0.25, -0.2) is 4.79 Å². The molecule has 0 aromatic heterocycles. The largest absolute Gasteiger partial charge is 0.519 e. The van der Waals surface area contributed by atoms with Crippen LogP contribution in [0.15, 0.2) is 42.2 Å². The molecule has 0 bridgehead atoms. The van der Waals surface area contributed by atoms with E-state index in [1.807, 2.05) is 0 Å². The van der Waals surface area contributed by atoms with E-state index >= 15 is 0 Å². The average molecular weight is 349 g/mol. The Balaban J connectivity index is 3.03.